The molecule has 6 aromatic rings. The lowest BCUT2D eigenvalue weighted by atomic mass is 9.90. The van der Waals surface area contributed by atoms with Gasteiger partial charge in [0.15, 0.2) is 11.5 Å². The first kappa shape index (κ1) is 26.9. The Bertz CT molecular complexity index is 2050. The van der Waals surface area contributed by atoms with Crippen molar-refractivity contribution in [3.63, 3.8) is 0 Å². The topological polar surface area (TPSA) is 139 Å². The van der Waals surface area contributed by atoms with Crippen molar-refractivity contribution in [3.8, 4) is 34.4 Å². The second-order valence-corrected chi connectivity index (χ2v) is 11.5. The van der Waals surface area contributed by atoms with Gasteiger partial charge in [0.05, 0.1) is 11.3 Å². The number of piperidine rings is 2. The van der Waals surface area contributed by atoms with Gasteiger partial charge in [-0.1, -0.05) is 42.5 Å². The number of piperazine rings is 1. The standard InChI is InChI=1S/C34H29N11/c35-17-30-38-21-39-34(42-30)44-20-25-12-13-26(44)19-43(25)18-22-8-10-24(11-9-22)45-32(27-7-4-16-37-31(27)36)41-29-15-14-28(40-33(29)45)23-5-2-1-3-6-23/h1-11,14-16,21,25-26H,12-13,18-20H2,(H2,36,37). The first-order chi connectivity index (χ1) is 22.1. The largest absolute Gasteiger partial charge is 0.383 e. The molecule has 3 fully saturated rings. The molecule has 7 heterocycles. The molecule has 9 rings (SSSR count). The van der Waals surface area contributed by atoms with Crippen molar-refractivity contribution < 1.29 is 0 Å². The Morgan fingerprint density at radius 3 is 2.44 bits per heavy atom. The summed E-state index contributed by atoms with van der Waals surface area (Å²) < 4.78 is 2.07. The smallest absolute Gasteiger partial charge is 0.236 e. The molecule has 3 saturated heterocycles. The van der Waals surface area contributed by atoms with Crippen molar-refractivity contribution in [3.05, 3.63) is 103 Å². The van der Waals surface area contributed by atoms with E-state index in [1.807, 2.05) is 48.5 Å². The van der Waals surface area contributed by atoms with Crippen LogP contribution >= 0.6 is 0 Å². The molecule has 220 valence electrons. The molecule has 3 aliphatic rings. The lowest BCUT2D eigenvalue weighted by molar-refractivity contribution is 0.0879. The van der Waals surface area contributed by atoms with E-state index < -0.39 is 0 Å². The summed E-state index contributed by atoms with van der Waals surface area (Å²) in [6, 6.07) is 29.3. The highest BCUT2D eigenvalue weighted by Crippen LogP contribution is 2.34. The molecule has 2 aromatic carbocycles. The third-order valence-electron chi connectivity index (χ3n) is 8.79. The number of nitriles is 1. The number of fused-ring (bicyclic) bond motifs is 4. The molecular formula is C34H29N11. The molecule has 11 nitrogen and oxygen atoms in total. The molecule has 2 unspecified atom stereocenters. The molecule has 0 spiro atoms. The van der Waals surface area contributed by atoms with Crippen molar-refractivity contribution in [1.29, 1.82) is 5.26 Å². The zero-order valence-corrected chi connectivity index (χ0v) is 24.4. The molecule has 4 aromatic heterocycles. The number of anilines is 2. The highest BCUT2D eigenvalue weighted by Gasteiger charge is 2.40. The van der Waals surface area contributed by atoms with E-state index in [0.717, 1.165) is 66.1 Å². The van der Waals surface area contributed by atoms with Crippen LogP contribution in [0.4, 0.5) is 11.8 Å². The third-order valence-corrected chi connectivity index (χ3v) is 8.79. The SMILES string of the molecule is N#Cc1ncnc(N2CC3CCC2CN3Cc2ccc(-n3c(-c4cccnc4N)nc4ccc(-c5ccccc5)nc43)cc2)n1. The predicted molar refractivity (Wildman–Crippen MR) is 171 cm³/mol. The van der Waals surface area contributed by atoms with E-state index in [-0.39, 0.29) is 5.82 Å². The maximum Gasteiger partial charge on any atom is 0.236 e. The molecule has 11 heteroatoms. The van der Waals surface area contributed by atoms with Crippen LogP contribution in [0.25, 0.3) is 39.5 Å². The van der Waals surface area contributed by atoms with Crippen LogP contribution in [0.2, 0.25) is 0 Å². The third kappa shape index (κ3) is 4.91. The van der Waals surface area contributed by atoms with Gasteiger partial charge in [-0.25, -0.2) is 24.9 Å². The van der Waals surface area contributed by atoms with Gasteiger partial charge >= 0.3 is 0 Å². The number of rotatable bonds is 6. The van der Waals surface area contributed by atoms with Crippen LogP contribution in [-0.2, 0) is 6.54 Å². The highest BCUT2D eigenvalue weighted by atomic mass is 15.4. The average molecular weight is 592 g/mol. The number of aromatic nitrogens is 7. The second kappa shape index (κ2) is 11.1. The summed E-state index contributed by atoms with van der Waals surface area (Å²) in [5.41, 5.74) is 12.7. The van der Waals surface area contributed by atoms with Crippen LogP contribution < -0.4 is 10.6 Å². The Morgan fingerprint density at radius 2 is 1.67 bits per heavy atom. The van der Waals surface area contributed by atoms with Crippen molar-refractivity contribution >= 4 is 22.9 Å². The maximum atomic E-state index is 9.23. The van der Waals surface area contributed by atoms with Crippen LogP contribution in [0.3, 0.4) is 0 Å². The summed E-state index contributed by atoms with van der Waals surface area (Å²) in [6.45, 7) is 2.60. The van der Waals surface area contributed by atoms with Gasteiger partial charge in [-0.05, 0) is 54.8 Å². The van der Waals surface area contributed by atoms with E-state index in [1.165, 1.54) is 11.9 Å². The first-order valence-electron chi connectivity index (χ1n) is 15.0. The fourth-order valence-corrected chi connectivity index (χ4v) is 6.58. The number of benzene rings is 2. The van der Waals surface area contributed by atoms with Crippen molar-refractivity contribution in [1.82, 2.24) is 39.4 Å². The molecular weight excluding hydrogens is 562 g/mol. The Kier molecular flexibility index (Phi) is 6.61. The van der Waals surface area contributed by atoms with Gasteiger partial charge in [-0.15, -0.1) is 0 Å². The van der Waals surface area contributed by atoms with Gasteiger partial charge < -0.3 is 10.6 Å². The number of nitrogens with two attached hydrogens (primary N) is 1. The van der Waals surface area contributed by atoms with E-state index >= 15 is 0 Å². The molecule has 0 aliphatic carbocycles. The minimum absolute atomic E-state index is 0.157. The summed E-state index contributed by atoms with van der Waals surface area (Å²) >= 11 is 0. The summed E-state index contributed by atoms with van der Waals surface area (Å²) in [4.78, 5) is 31.8. The molecule has 2 bridgehead atoms. The van der Waals surface area contributed by atoms with Crippen molar-refractivity contribution in [2.45, 2.75) is 31.5 Å². The molecule has 0 radical (unpaired) electrons. The van der Waals surface area contributed by atoms with Crippen LogP contribution in [0.15, 0.2) is 91.4 Å². The average Bonchev–Trinajstić information content (AvgIpc) is 3.48. The highest BCUT2D eigenvalue weighted by molar-refractivity contribution is 5.84. The van der Waals surface area contributed by atoms with Gasteiger partial charge in [-0.3, -0.25) is 9.47 Å². The van der Waals surface area contributed by atoms with Gasteiger partial charge in [0.25, 0.3) is 0 Å². The van der Waals surface area contributed by atoms with E-state index in [9.17, 15) is 5.26 Å². The number of nitrogens with zero attached hydrogens (tertiary/aromatic N) is 10. The quantitative estimate of drug-likeness (QED) is 0.291. The molecule has 2 N–H and O–H groups in total. The lowest BCUT2D eigenvalue weighted by Crippen LogP contribution is -2.62. The fourth-order valence-electron chi connectivity index (χ4n) is 6.58. The molecule has 0 amide bonds. The molecule has 3 aliphatic heterocycles. The van der Waals surface area contributed by atoms with E-state index in [4.69, 9.17) is 15.7 Å². The van der Waals surface area contributed by atoms with Gasteiger partial charge in [0, 0.05) is 49.2 Å². The number of imidazole rings is 1. The Morgan fingerprint density at radius 1 is 0.822 bits per heavy atom. The van der Waals surface area contributed by atoms with E-state index in [2.05, 4.69) is 70.7 Å². The molecule has 0 saturated carbocycles. The summed E-state index contributed by atoms with van der Waals surface area (Å²) in [6.07, 6.45) is 5.33. The number of hydrogen-bond donors (Lipinski definition) is 1. The van der Waals surface area contributed by atoms with Gasteiger partial charge in [-0.2, -0.15) is 10.2 Å². The monoisotopic (exact) mass is 591 g/mol. The number of nitrogen functional groups attached to an aromatic ring is 1. The molecule has 2 atom stereocenters. The minimum atomic E-state index is 0.157. The summed E-state index contributed by atoms with van der Waals surface area (Å²) in [5, 5.41) is 9.23. The van der Waals surface area contributed by atoms with E-state index in [1.54, 1.807) is 6.20 Å². The zero-order valence-electron chi connectivity index (χ0n) is 24.4. The van der Waals surface area contributed by atoms with Crippen molar-refractivity contribution in [2.75, 3.05) is 23.7 Å². The van der Waals surface area contributed by atoms with Crippen LogP contribution in [0, 0.1) is 11.3 Å². The van der Waals surface area contributed by atoms with Crippen LogP contribution in [-0.4, -0.2) is 64.5 Å². The second-order valence-electron chi connectivity index (χ2n) is 11.5. The fraction of sp³-hybridized carbons (Fsp3) is 0.206. The predicted octanol–water partition coefficient (Wildman–Crippen LogP) is 4.64. The van der Waals surface area contributed by atoms with Crippen LogP contribution in [0.1, 0.15) is 24.2 Å². The van der Waals surface area contributed by atoms with Gasteiger partial charge in [0.2, 0.25) is 11.8 Å². The van der Waals surface area contributed by atoms with Gasteiger partial charge in [0.1, 0.15) is 23.7 Å². The Labute approximate surface area is 259 Å². The summed E-state index contributed by atoms with van der Waals surface area (Å²) in [7, 11) is 0. The molecule has 45 heavy (non-hydrogen) atoms. The van der Waals surface area contributed by atoms with E-state index in [0.29, 0.717) is 29.7 Å². The Balaban J connectivity index is 1.10. The maximum absolute atomic E-state index is 9.23. The van der Waals surface area contributed by atoms with Crippen LogP contribution in [0.5, 0.6) is 0 Å². The lowest BCUT2D eigenvalue weighted by Gasteiger charge is -2.51. The first-order valence-corrected chi connectivity index (χ1v) is 15.0. The zero-order chi connectivity index (χ0) is 30.3. The normalized spacial score (nSPS) is 17.9. The minimum Gasteiger partial charge on any atom is -0.383 e. The Hall–Kier alpha value is -5.73. The number of pyridine rings is 2. The van der Waals surface area contributed by atoms with Crippen molar-refractivity contribution in [2.24, 2.45) is 0 Å². The summed E-state index contributed by atoms with van der Waals surface area (Å²) in [5.74, 6) is 1.88. The number of hydrogen-bond acceptors (Lipinski definition) is 10.